The number of rotatable bonds is 3. The van der Waals surface area contributed by atoms with Crippen LogP contribution in [0, 0.1) is 9.39 Å². The highest BCUT2D eigenvalue weighted by molar-refractivity contribution is 14.1. The molecule has 0 heterocycles. The SMILES string of the molecule is O=C(Nc1ccccc1S(=O)(=O)F)c1ccc(F)cc1I. The lowest BCUT2D eigenvalue weighted by Gasteiger charge is -2.09. The summed E-state index contributed by atoms with van der Waals surface area (Å²) in [5, 5.41) is 2.31. The average molecular weight is 423 g/mol. The fourth-order valence-electron chi connectivity index (χ4n) is 1.65. The quantitative estimate of drug-likeness (QED) is 0.609. The molecule has 0 aromatic heterocycles. The molecule has 0 saturated carbocycles. The second-order valence-corrected chi connectivity index (χ2v) is 6.49. The number of hydrogen-bond donors (Lipinski definition) is 1. The van der Waals surface area contributed by atoms with Crippen LogP contribution >= 0.6 is 22.6 Å². The van der Waals surface area contributed by atoms with Crippen molar-refractivity contribution in [3.63, 3.8) is 0 Å². The molecule has 4 nitrogen and oxygen atoms in total. The topological polar surface area (TPSA) is 63.2 Å². The van der Waals surface area contributed by atoms with Crippen LogP contribution in [0.4, 0.5) is 14.0 Å². The van der Waals surface area contributed by atoms with Gasteiger partial charge in [0.1, 0.15) is 10.7 Å². The van der Waals surface area contributed by atoms with Crippen molar-refractivity contribution < 1.29 is 21.5 Å². The van der Waals surface area contributed by atoms with Gasteiger partial charge in [-0.05, 0) is 52.9 Å². The Labute approximate surface area is 133 Å². The van der Waals surface area contributed by atoms with Gasteiger partial charge in [-0.3, -0.25) is 4.79 Å². The minimum absolute atomic E-state index is 0.156. The van der Waals surface area contributed by atoms with Gasteiger partial charge in [0.25, 0.3) is 5.91 Å². The molecule has 0 spiro atoms. The molecular formula is C13H8F2INO3S. The van der Waals surface area contributed by atoms with Crippen molar-refractivity contribution in [1.82, 2.24) is 0 Å². The highest BCUT2D eigenvalue weighted by atomic mass is 127. The lowest BCUT2D eigenvalue weighted by molar-refractivity contribution is 0.102. The number of benzene rings is 2. The van der Waals surface area contributed by atoms with Crippen LogP contribution in [0.25, 0.3) is 0 Å². The fourth-order valence-corrected chi connectivity index (χ4v) is 2.99. The summed E-state index contributed by atoms with van der Waals surface area (Å²) in [4.78, 5) is 11.4. The van der Waals surface area contributed by atoms with Gasteiger partial charge < -0.3 is 5.32 Å². The minimum atomic E-state index is -4.95. The van der Waals surface area contributed by atoms with Crippen LogP contribution in [0.2, 0.25) is 0 Å². The first-order valence-electron chi connectivity index (χ1n) is 5.59. The Kier molecular flexibility index (Phi) is 4.57. The van der Waals surface area contributed by atoms with E-state index in [4.69, 9.17) is 0 Å². The van der Waals surface area contributed by atoms with Gasteiger partial charge >= 0.3 is 10.2 Å². The van der Waals surface area contributed by atoms with E-state index >= 15 is 0 Å². The summed E-state index contributed by atoms with van der Waals surface area (Å²) in [5.74, 6) is -1.15. The molecule has 2 aromatic carbocycles. The number of amides is 1. The molecule has 0 aliphatic heterocycles. The van der Waals surface area contributed by atoms with Crippen molar-refractivity contribution in [3.05, 3.63) is 57.4 Å². The molecule has 1 amide bonds. The fraction of sp³-hybridized carbons (Fsp3) is 0. The molecular weight excluding hydrogens is 415 g/mol. The van der Waals surface area contributed by atoms with Crippen molar-refractivity contribution in [2.45, 2.75) is 4.90 Å². The van der Waals surface area contributed by atoms with Gasteiger partial charge in [-0.1, -0.05) is 12.1 Å². The zero-order chi connectivity index (χ0) is 15.6. The van der Waals surface area contributed by atoms with Gasteiger partial charge in [-0.25, -0.2) is 4.39 Å². The first kappa shape index (κ1) is 15.8. The monoisotopic (exact) mass is 423 g/mol. The smallest absolute Gasteiger partial charge is 0.321 e. The standard InChI is InChI=1S/C13H8F2INO3S/c14-8-5-6-9(10(16)7-8)13(18)17-11-3-1-2-4-12(11)21(15,19)20/h1-7H,(H,17,18). The van der Waals surface area contributed by atoms with Crippen LogP contribution in [-0.4, -0.2) is 14.3 Å². The lowest BCUT2D eigenvalue weighted by Crippen LogP contribution is -2.15. The molecule has 0 aliphatic carbocycles. The third-order valence-electron chi connectivity index (χ3n) is 2.57. The second-order valence-electron chi connectivity index (χ2n) is 4.01. The number of anilines is 1. The minimum Gasteiger partial charge on any atom is -0.321 e. The lowest BCUT2D eigenvalue weighted by atomic mass is 10.2. The van der Waals surface area contributed by atoms with Crippen molar-refractivity contribution in [2.75, 3.05) is 5.32 Å². The van der Waals surface area contributed by atoms with Gasteiger partial charge in [0.05, 0.1) is 11.3 Å². The van der Waals surface area contributed by atoms with Crippen LogP contribution in [0.15, 0.2) is 47.4 Å². The molecule has 0 saturated heterocycles. The first-order valence-corrected chi connectivity index (χ1v) is 8.05. The Balaban J connectivity index is 2.37. The van der Waals surface area contributed by atoms with Crippen LogP contribution < -0.4 is 5.32 Å². The number of carbonyl (C=O) groups excluding carboxylic acids is 1. The van der Waals surface area contributed by atoms with Crippen LogP contribution in [0.1, 0.15) is 10.4 Å². The van der Waals surface area contributed by atoms with E-state index in [-0.39, 0.29) is 11.3 Å². The predicted octanol–water partition coefficient (Wildman–Crippen LogP) is 3.34. The average Bonchev–Trinajstić information content (AvgIpc) is 2.37. The summed E-state index contributed by atoms with van der Waals surface area (Å²) in [6.45, 7) is 0. The zero-order valence-electron chi connectivity index (χ0n) is 10.3. The van der Waals surface area contributed by atoms with Gasteiger partial charge in [0.2, 0.25) is 0 Å². The van der Waals surface area contributed by atoms with Gasteiger partial charge in [0.15, 0.2) is 0 Å². The van der Waals surface area contributed by atoms with Crippen molar-refractivity contribution in [2.24, 2.45) is 0 Å². The third kappa shape index (κ3) is 3.76. The largest absolute Gasteiger partial charge is 0.334 e. The van der Waals surface area contributed by atoms with Gasteiger partial charge in [-0.2, -0.15) is 8.42 Å². The van der Waals surface area contributed by atoms with E-state index < -0.39 is 26.8 Å². The van der Waals surface area contributed by atoms with Crippen molar-refractivity contribution >= 4 is 44.4 Å². The maximum atomic E-state index is 13.1. The number of hydrogen-bond acceptors (Lipinski definition) is 3. The summed E-state index contributed by atoms with van der Waals surface area (Å²) >= 11 is 1.78. The van der Waals surface area contributed by atoms with Gasteiger partial charge in [0, 0.05) is 3.57 Å². The van der Waals surface area contributed by atoms with Crippen LogP contribution in [-0.2, 0) is 10.2 Å². The molecule has 1 N–H and O–H groups in total. The number of carbonyl (C=O) groups is 1. The molecule has 21 heavy (non-hydrogen) atoms. The normalized spacial score (nSPS) is 11.2. The van der Waals surface area contributed by atoms with Crippen molar-refractivity contribution in [1.29, 1.82) is 0 Å². The summed E-state index contributed by atoms with van der Waals surface area (Å²) in [5.41, 5.74) is -0.0202. The Bertz CT molecular complexity index is 809. The Hall–Kier alpha value is -1.55. The zero-order valence-corrected chi connectivity index (χ0v) is 13.3. The van der Waals surface area contributed by atoms with E-state index in [0.717, 1.165) is 18.2 Å². The van der Waals surface area contributed by atoms with E-state index in [1.807, 2.05) is 0 Å². The van der Waals surface area contributed by atoms with E-state index in [2.05, 4.69) is 5.32 Å². The highest BCUT2D eigenvalue weighted by Gasteiger charge is 2.19. The summed E-state index contributed by atoms with van der Waals surface area (Å²) in [7, 11) is -4.95. The maximum absolute atomic E-state index is 13.1. The maximum Gasteiger partial charge on any atom is 0.334 e. The highest BCUT2D eigenvalue weighted by Crippen LogP contribution is 2.24. The third-order valence-corrected chi connectivity index (χ3v) is 4.35. The van der Waals surface area contributed by atoms with Crippen LogP contribution in [0.3, 0.4) is 0 Å². The van der Waals surface area contributed by atoms with E-state index in [9.17, 15) is 21.5 Å². The second kappa shape index (κ2) is 6.06. The summed E-state index contributed by atoms with van der Waals surface area (Å²) in [6, 6.07) is 8.63. The molecule has 2 aromatic rings. The Morgan fingerprint density at radius 2 is 1.81 bits per heavy atom. The Morgan fingerprint density at radius 1 is 1.14 bits per heavy atom. The van der Waals surface area contributed by atoms with E-state index in [1.165, 1.54) is 24.3 Å². The number of nitrogens with one attached hydrogen (secondary N) is 1. The summed E-state index contributed by atoms with van der Waals surface area (Å²) in [6.07, 6.45) is 0. The molecule has 8 heteroatoms. The van der Waals surface area contributed by atoms with Gasteiger partial charge in [-0.15, -0.1) is 3.89 Å². The molecule has 0 bridgehead atoms. The number of halogens is 3. The molecule has 2 rings (SSSR count). The van der Waals surface area contributed by atoms with E-state index in [1.54, 1.807) is 22.6 Å². The number of para-hydroxylation sites is 1. The first-order chi connectivity index (χ1) is 9.79. The summed E-state index contributed by atoms with van der Waals surface area (Å²) < 4.78 is 48.5. The van der Waals surface area contributed by atoms with Crippen molar-refractivity contribution in [3.8, 4) is 0 Å². The molecule has 110 valence electrons. The van der Waals surface area contributed by atoms with Crippen LogP contribution in [0.5, 0.6) is 0 Å². The Morgan fingerprint density at radius 3 is 2.43 bits per heavy atom. The molecule has 0 aliphatic rings. The molecule has 0 fully saturated rings. The predicted molar refractivity (Wildman–Crippen MR) is 81.8 cm³/mol. The molecule has 0 atom stereocenters. The van der Waals surface area contributed by atoms with E-state index in [0.29, 0.717) is 3.57 Å². The molecule has 0 radical (unpaired) electrons. The molecule has 0 unspecified atom stereocenters.